The number of halogens is 1. The van der Waals surface area contributed by atoms with E-state index in [1.165, 1.54) is 57.9 Å². The average Bonchev–Trinajstić information content (AvgIpc) is 2.42. The molecule has 0 bridgehead atoms. The zero-order valence-corrected chi connectivity index (χ0v) is 13.6. The minimum absolute atomic E-state index is 0.410. The summed E-state index contributed by atoms with van der Waals surface area (Å²) in [6.45, 7) is 6.69. The molecule has 3 heteroatoms. The van der Waals surface area contributed by atoms with Crippen LogP contribution in [0.15, 0.2) is 0 Å². The maximum atomic E-state index is 5.65. The van der Waals surface area contributed by atoms with Gasteiger partial charge < -0.3 is 4.74 Å². The molecule has 0 aromatic rings. The molecule has 0 aliphatic carbocycles. The number of hydrogen-bond acceptors (Lipinski definition) is 2. The molecule has 1 saturated heterocycles. The molecular weight excluding hydrogens is 290 g/mol. The Hall–Kier alpha value is 0.400. The number of unbranched alkanes of at least 4 members (excludes halogenated alkanes) is 7. The lowest BCUT2D eigenvalue weighted by Crippen LogP contribution is -2.43. The van der Waals surface area contributed by atoms with Crippen molar-refractivity contribution in [2.75, 3.05) is 31.6 Å². The summed E-state index contributed by atoms with van der Waals surface area (Å²) in [4.78, 5) is 2.56. The summed E-state index contributed by atoms with van der Waals surface area (Å²) in [5, 5.41) is 0.973. The van der Waals surface area contributed by atoms with Gasteiger partial charge in [-0.2, -0.15) is 0 Å². The maximum Gasteiger partial charge on any atom is 0.0799 e. The number of morpholine rings is 1. The van der Waals surface area contributed by atoms with E-state index < -0.39 is 0 Å². The Morgan fingerprint density at radius 2 is 1.72 bits per heavy atom. The van der Waals surface area contributed by atoms with Gasteiger partial charge in [0, 0.05) is 18.4 Å². The van der Waals surface area contributed by atoms with Gasteiger partial charge in [-0.25, -0.2) is 0 Å². The molecule has 0 radical (unpaired) electrons. The number of hydrogen-bond donors (Lipinski definition) is 0. The van der Waals surface area contributed by atoms with Crippen LogP contribution in [0.25, 0.3) is 0 Å². The first-order valence-electron chi connectivity index (χ1n) is 7.76. The van der Waals surface area contributed by atoms with Crippen molar-refractivity contribution in [3.63, 3.8) is 0 Å². The largest absolute Gasteiger partial charge is 0.375 e. The van der Waals surface area contributed by atoms with Crippen LogP contribution in [-0.2, 0) is 4.74 Å². The van der Waals surface area contributed by atoms with E-state index in [9.17, 15) is 0 Å². The standard InChI is InChI=1S/C15H30BrNO/c1-2-3-4-5-6-7-8-9-10-17-11-12-18-15(13-16)14-17/h15H,2-14H2,1H3. The fourth-order valence-corrected chi connectivity index (χ4v) is 2.94. The minimum Gasteiger partial charge on any atom is -0.375 e. The van der Waals surface area contributed by atoms with E-state index in [0.29, 0.717) is 6.10 Å². The second-order valence-corrected chi connectivity index (χ2v) is 6.07. The predicted molar refractivity (Wildman–Crippen MR) is 82.6 cm³/mol. The van der Waals surface area contributed by atoms with Crippen molar-refractivity contribution >= 4 is 15.9 Å². The van der Waals surface area contributed by atoms with Crippen LogP contribution in [-0.4, -0.2) is 42.6 Å². The summed E-state index contributed by atoms with van der Waals surface area (Å²) in [6.07, 6.45) is 11.7. The Morgan fingerprint density at radius 3 is 2.39 bits per heavy atom. The van der Waals surface area contributed by atoms with Crippen molar-refractivity contribution in [3.8, 4) is 0 Å². The second-order valence-electron chi connectivity index (χ2n) is 5.42. The van der Waals surface area contributed by atoms with E-state index in [1.807, 2.05) is 0 Å². The summed E-state index contributed by atoms with van der Waals surface area (Å²) in [7, 11) is 0. The lowest BCUT2D eigenvalue weighted by atomic mass is 10.1. The smallest absolute Gasteiger partial charge is 0.0799 e. The van der Waals surface area contributed by atoms with Crippen molar-refractivity contribution in [1.82, 2.24) is 4.90 Å². The highest BCUT2D eigenvalue weighted by molar-refractivity contribution is 9.09. The summed E-state index contributed by atoms with van der Waals surface area (Å²) in [5.74, 6) is 0. The van der Waals surface area contributed by atoms with Crippen LogP contribution in [0.1, 0.15) is 58.3 Å². The Balaban J connectivity index is 1.88. The van der Waals surface area contributed by atoms with E-state index in [4.69, 9.17) is 4.74 Å². The van der Waals surface area contributed by atoms with Crippen LogP contribution in [0, 0.1) is 0 Å². The SMILES string of the molecule is CCCCCCCCCCN1CCOC(CBr)C1. The number of alkyl halides is 1. The van der Waals surface area contributed by atoms with Crippen molar-refractivity contribution < 1.29 is 4.74 Å². The zero-order valence-electron chi connectivity index (χ0n) is 12.0. The molecule has 1 fully saturated rings. The molecule has 1 atom stereocenters. The van der Waals surface area contributed by atoms with Gasteiger partial charge in [0.1, 0.15) is 0 Å². The predicted octanol–water partition coefficient (Wildman–Crippen LogP) is 4.22. The lowest BCUT2D eigenvalue weighted by Gasteiger charge is -2.32. The normalized spacial score (nSPS) is 21.3. The first-order valence-corrected chi connectivity index (χ1v) is 8.89. The molecule has 0 amide bonds. The average molecular weight is 320 g/mol. The van der Waals surface area contributed by atoms with Gasteiger partial charge in [0.25, 0.3) is 0 Å². The van der Waals surface area contributed by atoms with Crippen LogP contribution in [0.2, 0.25) is 0 Å². The molecule has 18 heavy (non-hydrogen) atoms. The molecule has 0 saturated carbocycles. The van der Waals surface area contributed by atoms with E-state index in [1.54, 1.807) is 0 Å². The van der Waals surface area contributed by atoms with Crippen LogP contribution >= 0.6 is 15.9 Å². The monoisotopic (exact) mass is 319 g/mol. The fourth-order valence-electron chi connectivity index (χ4n) is 2.55. The third kappa shape index (κ3) is 7.75. The highest BCUT2D eigenvalue weighted by Gasteiger charge is 2.18. The van der Waals surface area contributed by atoms with Gasteiger partial charge >= 0.3 is 0 Å². The Bertz CT molecular complexity index is 189. The molecule has 2 nitrogen and oxygen atoms in total. The van der Waals surface area contributed by atoms with Gasteiger partial charge in [0.05, 0.1) is 12.7 Å². The summed E-state index contributed by atoms with van der Waals surface area (Å²) in [6, 6.07) is 0. The number of rotatable bonds is 10. The number of ether oxygens (including phenoxy) is 1. The van der Waals surface area contributed by atoms with Crippen LogP contribution < -0.4 is 0 Å². The van der Waals surface area contributed by atoms with Crippen molar-refractivity contribution in [3.05, 3.63) is 0 Å². The summed E-state index contributed by atoms with van der Waals surface area (Å²) >= 11 is 3.51. The lowest BCUT2D eigenvalue weighted by molar-refractivity contribution is -0.0155. The van der Waals surface area contributed by atoms with Crippen molar-refractivity contribution in [2.45, 2.75) is 64.4 Å². The highest BCUT2D eigenvalue weighted by atomic mass is 79.9. The molecule has 108 valence electrons. The fraction of sp³-hybridized carbons (Fsp3) is 1.00. The molecule has 1 aliphatic heterocycles. The molecule has 0 N–H and O–H groups in total. The molecule has 0 aromatic carbocycles. The first-order chi connectivity index (χ1) is 8.86. The Kier molecular flexibility index (Phi) is 10.3. The number of nitrogens with zero attached hydrogens (tertiary/aromatic N) is 1. The third-order valence-electron chi connectivity index (χ3n) is 3.72. The first kappa shape index (κ1) is 16.5. The van der Waals surface area contributed by atoms with Crippen LogP contribution in [0.3, 0.4) is 0 Å². The molecular formula is C15H30BrNO. The van der Waals surface area contributed by atoms with Gasteiger partial charge in [-0.1, -0.05) is 67.8 Å². The minimum atomic E-state index is 0.410. The summed E-state index contributed by atoms with van der Waals surface area (Å²) < 4.78 is 5.65. The quantitative estimate of drug-likeness (QED) is 0.441. The zero-order chi connectivity index (χ0) is 13.1. The van der Waals surface area contributed by atoms with E-state index in [2.05, 4.69) is 27.8 Å². The molecule has 0 aromatic heterocycles. The molecule has 1 heterocycles. The van der Waals surface area contributed by atoms with E-state index in [-0.39, 0.29) is 0 Å². The van der Waals surface area contributed by atoms with Gasteiger partial charge in [0.15, 0.2) is 0 Å². The van der Waals surface area contributed by atoms with Gasteiger partial charge in [-0.3, -0.25) is 4.90 Å². The van der Waals surface area contributed by atoms with E-state index in [0.717, 1.165) is 25.0 Å². The Labute approximate surface area is 122 Å². The van der Waals surface area contributed by atoms with Crippen molar-refractivity contribution in [1.29, 1.82) is 0 Å². The topological polar surface area (TPSA) is 12.5 Å². The molecule has 1 rings (SSSR count). The Morgan fingerprint density at radius 1 is 1.06 bits per heavy atom. The van der Waals surface area contributed by atoms with Gasteiger partial charge in [-0.05, 0) is 13.0 Å². The summed E-state index contributed by atoms with van der Waals surface area (Å²) in [5.41, 5.74) is 0. The third-order valence-corrected chi connectivity index (χ3v) is 4.45. The van der Waals surface area contributed by atoms with Gasteiger partial charge in [0.2, 0.25) is 0 Å². The maximum absolute atomic E-state index is 5.65. The van der Waals surface area contributed by atoms with Crippen LogP contribution in [0.4, 0.5) is 0 Å². The molecule has 1 unspecified atom stereocenters. The molecule has 0 spiro atoms. The highest BCUT2D eigenvalue weighted by Crippen LogP contribution is 2.11. The van der Waals surface area contributed by atoms with Crippen LogP contribution in [0.5, 0.6) is 0 Å². The second kappa shape index (κ2) is 11.2. The van der Waals surface area contributed by atoms with Gasteiger partial charge in [-0.15, -0.1) is 0 Å². The molecule has 1 aliphatic rings. The van der Waals surface area contributed by atoms with Crippen molar-refractivity contribution in [2.24, 2.45) is 0 Å². The van der Waals surface area contributed by atoms with E-state index >= 15 is 0 Å².